The van der Waals surface area contributed by atoms with Gasteiger partial charge in [0.05, 0.1) is 18.2 Å². The van der Waals surface area contributed by atoms with Crippen LogP contribution in [-0.4, -0.2) is 53.1 Å². The van der Waals surface area contributed by atoms with Gasteiger partial charge in [0.1, 0.15) is 5.01 Å². The van der Waals surface area contributed by atoms with Gasteiger partial charge in [-0.2, -0.15) is 0 Å². The van der Waals surface area contributed by atoms with Gasteiger partial charge >= 0.3 is 0 Å². The third kappa shape index (κ3) is 4.65. The van der Waals surface area contributed by atoms with Gasteiger partial charge in [0, 0.05) is 62.3 Å². The molecule has 3 heterocycles. The summed E-state index contributed by atoms with van der Waals surface area (Å²) in [5.74, 6) is 0.279. The standard InChI is InChI=1S/C23H28N4O3S/c1-16(28)25-21(22-24-9-14-31-22)17-7-10-26(11-8-17)23(29)19-15-27(12-13-30-2)20-6-4-3-5-18(19)20/h3-6,9,14-15,17,21H,7-8,10-13H2,1-2H3,(H,25,28). The van der Waals surface area contributed by atoms with E-state index in [9.17, 15) is 9.59 Å². The molecule has 31 heavy (non-hydrogen) atoms. The van der Waals surface area contributed by atoms with E-state index in [-0.39, 0.29) is 23.8 Å². The number of thiazole rings is 1. The van der Waals surface area contributed by atoms with Gasteiger partial charge in [0.25, 0.3) is 5.91 Å². The number of aromatic nitrogens is 2. The molecule has 0 saturated carbocycles. The Morgan fingerprint density at radius 1 is 1.29 bits per heavy atom. The summed E-state index contributed by atoms with van der Waals surface area (Å²) in [6, 6.07) is 7.92. The molecule has 1 aromatic carbocycles. The first-order valence-corrected chi connectivity index (χ1v) is 11.5. The number of carbonyl (C=O) groups excluding carboxylic acids is 2. The van der Waals surface area contributed by atoms with E-state index in [2.05, 4.69) is 14.9 Å². The fraction of sp³-hybridized carbons (Fsp3) is 0.435. The maximum Gasteiger partial charge on any atom is 0.256 e. The van der Waals surface area contributed by atoms with Gasteiger partial charge in [-0.1, -0.05) is 18.2 Å². The molecular weight excluding hydrogens is 412 g/mol. The highest BCUT2D eigenvalue weighted by molar-refractivity contribution is 7.09. The molecule has 164 valence electrons. The molecule has 1 fully saturated rings. The van der Waals surface area contributed by atoms with E-state index in [1.807, 2.05) is 40.7 Å². The number of nitrogens with zero attached hydrogens (tertiary/aromatic N) is 3. The number of hydrogen-bond acceptors (Lipinski definition) is 5. The molecule has 1 unspecified atom stereocenters. The van der Waals surface area contributed by atoms with Gasteiger partial charge < -0.3 is 19.5 Å². The molecule has 1 atom stereocenters. The summed E-state index contributed by atoms with van der Waals surface area (Å²) in [6.07, 6.45) is 5.39. The molecule has 1 aliphatic heterocycles. The number of carbonyl (C=O) groups is 2. The summed E-state index contributed by atoms with van der Waals surface area (Å²) in [4.78, 5) is 31.5. The minimum absolute atomic E-state index is 0.0532. The Bertz CT molecular complexity index is 1040. The number of benzene rings is 1. The number of nitrogens with one attached hydrogen (secondary N) is 1. The van der Waals surface area contributed by atoms with E-state index in [0.29, 0.717) is 26.2 Å². The number of amides is 2. The van der Waals surface area contributed by atoms with Crippen LogP contribution >= 0.6 is 11.3 Å². The summed E-state index contributed by atoms with van der Waals surface area (Å²) < 4.78 is 7.31. The zero-order chi connectivity index (χ0) is 21.8. The van der Waals surface area contributed by atoms with Crippen LogP contribution in [0.4, 0.5) is 0 Å². The van der Waals surface area contributed by atoms with Crippen LogP contribution in [0.5, 0.6) is 0 Å². The number of ether oxygens (including phenoxy) is 1. The Labute approximate surface area is 186 Å². The second kappa shape index (κ2) is 9.62. The lowest BCUT2D eigenvalue weighted by molar-refractivity contribution is -0.120. The third-order valence-corrected chi connectivity index (χ3v) is 6.79. The second-order valence-electron chi connectivity index (χ2n) is 7.92. The Morgan fingerprint density at radius 2 is 2.06 bits per heavy atom. The normalized spacial score (nSPS) is 15.9. The van der Waals surface area contributed by atoms with Crippen molar-refractivity contribution < 1.29 is 14.3 Å². The maximum absolute atomic E-state index is 13.4. The molecule has 8 heteroatoms. The van der Waals surface area contributed by atoms with E-state index in [1.165, 1.54) is 0 Å². The highest BCUT2D eigenvalue weighted by atomic mass is 32.1. The molecule has 2 amide bonds. The van der Waals surface area contributed by atoms with Gasteiger partial charge in [-0.15, -0.1) is 11.3 Å². The highest BCUT2D eigenvalue weighted by Gasteiger charge is 2.32. The first-order valence-electron chi connectivity index (χ1n) is 10.6. The van der Waals surface area contributed by atoms with Gasteiger partial charge in [0.15, 0.2) is 0 Å². The van der Waals surface area contributed by atoms with Crippen LogP contribution in [0, 0.1) is 5.92 Å². The molecule has 0 spiro atoms. The minimum Gasteiger partial charge on any atom is -0.383 e. The molecule has 2 aromatic heterocycles. The lowest BCUT2D eigenvalue weighted by atomic mass is 9.89. The van der Waals surface area contributed by atoms with Gasteiger partial charge in [-0.3, -0.25) is 9.59 Å². The van der Waals surface area contributed by atoms with Gasteiger partial charge in [-0.05, 0) is 24.8 Å². The predicted octanol–water partition coefficient (Wildman–Crippen LogP) is 3.47. The second-order valence-corrected chi connectivity index (χ2v) is 8.85. The number of fused-ring (bicyclic) bond motifs is 1. The van der Waals surface area contributed by atoms with Crippen LogP contribution in [0.3, 0.4) is 0 Å². The average Bonchev–Trinajstić information content (AvgIpc) is 3.44. The van der Waals surface area contributed by atoms with Crippen molar-refractivity contribution in [2.45, 2.75) is 32.4 Å². The van der Waals surface area contributed by atoms with Crippen molar-refractivity contribution in [3.8, 4) is 0 Å². The summed E-state index contributed by atoms with van der Waals surface area (Å²) >= 11 is 1.56. The quantitative estimate of drug-likeness (QED) is 0.610. The lowest BCUT2D eigenvalue weighted by Gasteiger charge is -2.35. The van der Waals surface area contributed by atoms with Crippen LogP contribution in [0.15, 0.2) is 42.0 Å². The predicted molar refractivity (Wildman–Crippen MR) is 121 cm³/mol. The molecule has 1 saturated heterocycles. The Morgan fingerprint density at radius 3 is 2.74 bits per heavy atom. The number of methoxy groups -OCH3 is 1. The van der Waals surface area contributed by atoms with E-state index in [4.69, 9.17) is 4.74 Å². The van der Waals surface area contributed by atoms with Crippen molar-refractivity contribution in [3.05, 3.63) is 52.6 Å². The van der Waals surface area contributed by atoms with Crippen molar-refractivity contribution in [3.63, 3.8) is 0 Å². The average molecular weight is 441 g/mol. The molecule has 4 rings (SSSR count). The van der Waals surface area contributed by atoms with Crippen molar-refractivity contribution in [1.82, 2.24) is 19.8 Å². The molecule has 3 aromatic rings. The smallest absolute Gasteiger partial charge is 0.256 e. The zero-order valence-corrected chi connectivity index (χ0v) is 18.7. The van der Waals surface area contributed by atoms with Crippen molar-refractivity contribution in [2.75, 3.05) is 26.8 Å². The fourth-order valence-electron chi connectivity index (χ4n) is 4.39. The van der Waals surface area contributed by atoms with Crippen molar-refractivity contribution in [1.29, 1.82) is 0 Å². The third-order valence-electron chi connectivity index (χ3n) is 5.93. The number of hydrogen-bond donors (Lipinski definition) is 1. The molecule has 1 N–H and O–H groups in total. The topological polar surface area (TPSA) is 76.5 Å². The zero-order valence-electron chi connectivity index (χ0n) is 17.9. The van der Waals surface area contributed by atoms with E-state index in [1.54, 1.807) is 31.6 Å². The molecule has 7 nitrogen and oxygen atoms in total. The highest BCUT2D eigenvalue weighted by Crippen LogP contribution is 2.33. The van der Waals surface area contributed by atoms with Gasteiger partial charge in [-0.25, -0.2) is 4.98 Å². The van der Waals surface area contributed by atoms with Crippen LogP contribution < -0.4 is 5.32 Å². The lowest BCUT2D eigenvalue weighted by Crippen LogP contribution is -2.42. The summed E-state index contributed by atoms with van der Waals surface area (Å²) in [7, 11) is 1.68. The largest absolute Gasteiger partial charge is 0.383 e. The monoisotopic (exact) mass is 440 g/mol. The number of rotatable bonds is 7. The summed E-state index contributed by atoms with van der Waals surface area (Å²) in [6.45, 7) is 4.18. The molecule has 1 aliphatic rings. The van der Waals surface area contributed by atoms with Crippen LogP contribution in [-0.2, 0) is 16.1 Å². The summed E-state index contributed by atoms with van der Waals surface area (Å²) in [5, 5.41) is 6.91. The Balaban J connectivity index is 1.49. The molecular formula is C23H28N4O3S. The van der Waals surface area contributed by atoms with Crippen molar-refractivity contribution in [2.24, 2.45) is 5.92 Å². The van der Waals surface area contributed by atoms with Crippen LogP contribution in [0.25, 0.3) is 10.9 Å². The van der Waals surface area contributed by atoms with Crippen LogP contribution in [0.2, 0.25) is 0 Å². The summed E-state index contributed by atoms with van der Waals surface area (Å²) in [5.41, 5.74) is 1.79. The molecule has 0 bridgehead atoms. The minimum atomic E-state index is -0.0919. The SMILES string of the molecule is COCCn1cc(C(=O)N2CCC(C(NC(C)=O)c3nccs3)CC2)c2ccccc21. The molecule has 0 radical (unpaired) electrons. The number of para-hydroxylation sites is 1. The van der Waals surface area contributed by atoms with Crippen LogP contribution in [0.1, 0.15) is 41.2 Å². The van der Waals surface area contributed by atoms with Crippen molar-refractivity contribution >= 4 is 34.1 Å². The van der Waals surface area contributed by atoms with E-state index >= 15 is 0 Å². The number of piperidine rings is 1. The number of likely N-dealkylation sites (tertiary alicyclic amines) is 1. The maximum atomic E-state index is 13.4. The molecule has 0 aliphatic carbocycles. The first kappa shape index (κ1) is 21.5. The van der Waals surface area contributed by atoms with E-state index < -0.39 is 0 Å². The van der Waals surface area contributed by atoms with E-state index in [0.717, 1.165) is 34.3 Å². The Kier molecular flexibility index (Phi) is 6.67. The fourth-order valence-corrected chi connectivity index (χ4v) is 5.17. The first-order chi connectivity index (χ1) is 15.1. The van der Waals surface area contributed by atoms with Gasteiger partial charge in [0.2, 0.25) is 5.91 Å². The Hall–Kier alpha value is -2.71.